The minimum absolute atomic E-state index is 0.174. The van der Waals surface area contributed by atoms with Gasteiger partial charge in [-0.1, -0.05) is 114 Å². The van der Waals surface area contributed by atoms with Gasteiger partial charge in [0.05, 0.1) is 11.4 Å². The third kappa shape index (κ3) is 8.83. The number of rotatable bonds is 9. The summed E-state index contributed by atoms with van der Waals surface area (Å²) in [6.45, 7) is 0.349. The standard InChI is InChI=1S/C28H22Br2N2O4S2/c29-21-11-13-23(31-27(33)35-17-19-7-3-1-4-8-19)25(15-21)37-38-26-16-22(30)12-14-24(26)32-28(34)36-18-20-9-5-2-6-10-20/h1-16H,17-18H2,(H,31,33)(H,32,34). The molecule has 2 N–H and O–H groups in total. The molecule has 0 radical (unpaired) electrons. The number of carbonyl (C=O) groups excluding carboxylic acids is 2. The van der Waals surface area contributed by atoms with E-state index in [-0.39, 0.29) is 13.2 Å². The Hall–Kier alpha value is -2.92. The van der Waals surface area contributed by atoms with E-state index in [1.54, 1.807) is 12.1 Å². The largest absolute Gasteiger partial charge is 0.444 e. The normalized spacial score (nSPS) is 10.5. The third-order valence-electron chi connectivity index (χ3n) is 5.01. The van der Waals surface area contributed by atoms with E-state index in [2.05, 4.69) is 42.5 Å². The second-order valence-corrected chi connectivity index (χ2v) is 11.9. The van der Waals surface area contributed by atoms with Gasteiger partial charge in [-0.15, -0.1) is 0 Å². The molecule has 0 aromatic heterocycles. The lowest BCUT2D eigenvalue weighted by Gasteiger charge is -2.14. The van der Waals surface area contributed by atoms with E-state index in [9.17, 15) is 9.59 Å². The maximum atomic E-state index is 12.5. The highest BCUT2D eigenvalue weighted by molar-refractivity contribution is 9.10. The number of amides is 2. The quantitative estimate of drug-likeness (QED) is 0.172. The van der Waals surface area contributed by atoms with Crippen LogP contribution in [0.1, 0.15) is 11.1 Å². The van der Waals surface area contributed by atoms with Crippen LogP contribution in [0.4, 0.5) is 21.0 Å². The molecule has 10 heteroatoms. The molecule has 194 valence electrons. The van der Waals surface area contributed by atoms with Gasteiger partial charge in [0.2, 0.25) is 0 Å². The number of halogens is 2. The number of benzene rings is 4. The minimum atomic E-state index is -0.547. The molecule has 38 heavy (non-hydrogen) atoms. The monoisotopic (exact) mass is 672 g/mol. The van der Waals surface area contributed by atoms with Crippen molar-refractivity contribution in [3.8, 4) is 0 Å². The fourth-order valence-electron chi connectivity index (χ4n) is 3.16. The summed E-state index contributed by atoms with van der Waals surface area (Å²) < 4.78 is 12.5. The lowest BCUT2D eigenvalue weighted by atomic mass is 10.2. The van der Waals surface area contributed by atoms with Crippen molar-refractivity contribution in [1.29, 1.82) is 0 Å². The van der Waals surface area contributed by atoms with Gasteiger partial charge >= 0.3 is 12.2 Å². The molecule has 0 aliphatic carbocycles. The molecule has 4 aromatic carbocycles. The highest BCUT2D eigenvalue weighted by Crippen LogP contribution is 2.45. The molecule has 4 aromatic rings. The zero-order valence-electron chi connectivity index (χ0n) is 19.9. The summed E-state index contributed by atoms with van der Waals surface area (Å²) in [5.41, 5.74) is 3.02. The lowest BCUT2D eigenvalue weighted by molar-refractivity contribution is 0.154. The van der Waals surface area contributed by atoms with Crippen molar-refractivity contribution >= 4 is 77.0 Å². The molecule has 0 saturated heterocycles. The molecule has 0 aliphatic heterocycles. The maximum absolute atomic E-state index is 12.5. The number of ether oxygens (including phenoxy) is 2. The summed E-state index contributed by atoms with van der Waals surface area (Å²) >= 11 is 7.00. The molecule has 0 heterocycles. The fourth-order valence-corrected chi connectivity index (χ4v) is 6.50. The summed E-state index contributed by atoms with van der Waals surface area (Å²) in [6.07, 6.45) is -1.09. The second kappa shape index (κ2) is 14.3. The first-order chi connectivity index (χ1) is 18.5. The Kier molecular flexibility index (Phi) is 10.6. The van der Waals surface area contributed by atoms with Crippen molar-refractivity contribution in [1.82, 2.24) is 0 Å². The van der Waals surface area contributed by atoms with Gasteiger partial charge < -0.3 is 9.47 Å². The topological polar surface area (TPSA) is 76.7 Å². The number of hydrogen-bond acceptors (Lipinski definition) is 6. The second-order valence-electron chi connectivity index (χ2n) is 7.82. The summed E-state index contributed by atoms with van der Waals surface area (Å²) in [5.74, 6) is 0. The van der Waals surface area contributed by atoms with E-state index < -0.39 is 12.2 Å². The van der Waals surface area contributed by atoms with Gasteiger partial charge in [-0.05, 0) is 47.5 Å². The molecular weight excluding hydrogens is 652 g/mol. The molecule has 2 amide bonds. The van der Waals surface area contributed by atoms with Crippen LogP contribution in [0, 0.1) is 0 Å². The molecular formula is C28H22Br2N2O4S2. The molecule has 0 atom stereocenters. The summed E-state index contributed by atoms with van der Waals surface area (Å²) in [4.78, 5) is 26.5. The molecule has 0 saturated carbocycles. The molecule has 0 bridgehead atoms. The molecule has 4 rings (SSSR count). The Morgan fingerprint density at radius 1 is 0.605 bits per heavy atom. The lowest BCUT2D eigenvalue weighted by Crippen LogP contribution is -2.14. The van der Waals surface area contributed by atoms with E-state index in [1.807, 2.05) is 84.9 Å². The van der Waals surface area contributed by atoms with Crippen LogP contribution in [0.5, 0.6) is 0 Å². The first-order valence-electron chi connectivity index (χ1n) is 11.4. The van der Waals surface area contributed by atoms with Crippen LogP contribution in [0.2, 0.25) is 0 Å². The molecule has 0 fully saturated rings. The van der Waals surface area contributed by atoms with Gasteiger partial charge in [0.1, 0.15) is 13.2 Å². The van der Waals surface area contributed by atoms with E-state index in [1.165, 1.54) is 21.6 Å². The average Bonchev–Trinajstić information content (AvgIpc) is 2.93. The summed E-state index contributed by atoms with van der Waals surface area (Å²) in [5, 5.41) is 5.64. The first kappa shape index (κ1) is 28.1. The SMILES string of the molecule is O=C(Nc1ccc(Br)cc1SSc1cc(Br)ccc1NC(=O)OCc1ccccc1)OCc1ccccc1. The van der Waals surface area contributed by atoms with Crippen molar-refractivity contribution < 1.29 is 19.1 Å². The van der Waals surface area contributed by atoms with E-state index in [4.69, 9.17) is 9.47 Å². The van der Waals surface area contributed by atoms with Crippen molar-refractivity contribution in [3.05, 3.63) is 117 Å². The molecule has 6 nitrogen and oxygen atoms in total. The van der Waals surface area contributed by atoms with E-state index in [0.717, 1.165) is 29.9 Å². The number of anilines is 2. The van der Waals surface area contributed by atoms with Crippen molar-refractivity contribution in [2.45, 2.75) is 23.0 Å². The van der Waals surface area contributed by atoms with Gasteiger partial charge in [0.25, 0.3) is 0 Å². The predicted molar refractivity (Wildman–Crippen MR) is 160 cm³/mol. The molecule has 0 unspecified atom stereocenters. The Bertz CT molecular complexity index is 1290. The number of nitrogens with one attached hydrogen (secondary N) is 2. The zero-order valence-corrected chi connectivity index (χ0v) is 24.7. The predicted octanol–water partition coefficient (Wildman–Crippen LogP) is 9.51. The van der Waals surface area contributed by atoms with Gasteiger partial charge in [-0.25, -0.2) is 9.59 Å². The number of hydrogen-bond donors (Lipinski definition) is 2. The van der Waals surface area contributed by atoms with Crippen LogP contribution in [0.15, 0.2) is 116 Å². The van der Waals surface area contributed by atoms with Crippen LogP contribution in [-0.4, -0.2) is 12.2 Å². The van der Waals surface area contributed by atoms with Crippen LogP contribution in [-0.2, 0) is 22.7 Å². The third-order valence-corrected chi connectivity index (χ3v) is 8.44. The smallest absolute Gasteiger partial charge is 0.411 e. The van der Waals surface area contributed by atoms with Gasteiger partial charge in [0.15, 0.2) is 0 Å². The van der Waals surface area contributed by atoms with Gasteiger partial charge in [0, 0.05) is 18.7 Å². The fraction of sp³-hybridized carbons (Fsp3) is 0.0714. The maximum Gasteiger partial charge on any atom is 0.411 e. The van der Waals surface area contributed by atoms with Gasteiger partial charge in [-0.3, -0.25) is 10.6 Å². The molecule has 0 aliphatic rings. The number of carbonyl (C=O) groups is 2. The Labute approximate surface area is 245 Å². The summed E-state index contributed by atoms with van der Waals surface area (Å²) in [7, 11) is 2.87. The molecule has 0 spiro atoms. The summed E-state index contributed by atoms with van der Waals surface area (Å²) in [6, 6.07) is 30.1. The van der Waals surface area contributed by atoms with E-state index >= 15 is 0 Å². The Morgan fingerprint density at radius 3 is 1.39 bits per heavy atom. The van der Waals surface area contributed by atoms with E-state index in [0.29, 0.717) is 11.4 Å². The van der Waals surface area contributed by atoms with Crippen molar-refractivity contribution in [2.75, 3.05) is 10.6 Å². The first-order valence-corrected chi connectivity index (χ1v) is 15.1. The Balaban J connectivity index is 1.39. The van der Waals surface area contributed by atoms with Crippen LogP contribution in [0.25, 0.3) is 0 Å². The van der Waals surface area contributed by atoms with Gasteiger partial charge in [-0.2, -0.15) is 0 Å². The average molecular weight is 674 g/mol. The minimum Gasteiger partial charge on any atom is -0.444 e. The van der Waals surface area contributed by atoms with Crippen molar-refractivity contribution in [3.63, 3.8) is 0 Å². The van der Waals surface area contributed by atoms with Crippen LogP contribution in [0.3, 0.4) is 0 Å². The van der Waals surface area contributed by atoms with Crippen LogP contribution >= 0.6 is 53.4 Å². The highest BCUT2D eigenvalue weighted by atomic mass is 79.9. The highest BCUT2D eigenvalue weighted by Gasteiger charge is 2.14. The van der Waals surface area contributed by atoms with Crippen LogP contribution < -0.4 is 10.6 Å². The Morgan fingerprint density at radius 2 is 1.00 bits per heavy atom. The zero-order chi connectivity index (χ0) is 26.7. The van der Waals surface area contributed by atoms with Crippen molar-refractivity contribution in [2.24, 2.45) is 0 Å².